The number of anilines is 1. The van der Waals surface area contributed by atoms with Gasteiger partial charge in [0.1, 0.15) is 0 Å². The van der Waals surface area contributed by atoms with E-state index in [-0.39, 0.29) is 5.91 Å². The van der Waals surface area contributed by atoms with Gasteiger partial charge in [-0.2, -0.15) is 0 Å². The molecule has 0 spiro atoms. The molecule has 1 N–H and O–H groups in total. The highest BCUT2D eigenvalue weighted by Gasteiger charge is 2.24. The average molecular weight is 262 g/mol. The number of carbonyl (C=O) groups is 1. The van der Waals surface area contributed by atoms with E-state index in [1.165, 1.54) is 0 Å². The van der Waals surface area contributed by atoms with Crippen molar-refractivity contribution in [3.8, 4) is 0 Å². The first-order valence-electron chi connectivity index (χ1n) is 6.91. The van der Waals surface area contributed by atoms with Crippen LogP contribution in [0.2, 0.25) is 0 Å². The second kappa shape index (κ2) is 6.57. The number of hydrogen-bond acceptors (Lipinski definition) is 3. The van der Waals surface area contributed by atoms with Gasteiger partial charge in [0.25, 0.3) is 5.91 Å². The normalized spacial score (nSPS) is 16.4. The van der Waals surface area contributed by atoms with Gasteiger partial charge in [0.05, 0.1) is 11.7 Å². The summed E-state index contributed by atoms with van der Waals surface area (Å²) < 4.78 is 5.34. The van der Waals surface area contributed by atoms with Crippen LogP contribution in [-0.2, 0) is 4.74 Å². The zero-order valence-corrected chi connectivity index (χ0v) is 11.7. The molecule has 0 aliphatic carbocycles. The van der Waals surface area contributed by atoms with Crippen molar-refractivity contribution in [1.82, 2.24) is 4.90 Å². The Morgan fingerprint density at radius 3 is 2.68 bits per heavy atom. The molecular formula is C15H22N2O2. The molecule has 1 aliphatic heterocycles. The number of amides is 1. The van der Waals surface area contributed by atoms with Crippen molar-refractivity contribution in [1.29, 1.82) is 0 Å². The zero-order valence-electron chi connectivity index (χ0n) is 11.7. The molecule has 0 atom stereocenters. The van der Waals surface area contributed by atoms with E-state index in [2.05, 4.69) is 5.32 Å². The monoisotopic (exact) mass is 262 g/mol. The van der Waals surface area contributed by atoms with E-state index in [1.54, 1.807) is 7.11 Å². The molecule has 1 aliphatic rings. The largest absolute Gasteiger partial charge is 0.385 e. The van der Waals surface area contributed by atoms with Crippen molar-refractivity contribution in [2.45, 2.75) is 25.9 Å². The Kier molecular flexibility index (Phi) is 4.80. The molecule has 0 saturated carbocycles. The number of ether oxygens (including phenoxy) is 1. The van der Waals surface area contributed by atoms with Gasteiger partial charge in [0, 0.05) is 32.4 Å². The summed E-state index contributed by atoms with van der Waals surface area (Å²) in [6, 6.07) is 7.71. The van der Waals surface area contributed by atoms with E-state index in [4.69, 9.17) is 4.74 Å². The summed E-state index contributed by atoms with van der Waals surface area (Å²) in [6.07, 6.45) is 2.14. The molecule has 0 unspecified atom stereocenters. The van der Waals surface area contributed by atoms with Crippen LogP contribution in [0.3, 0.4) is 0 Å². The van der Waals surface area contributed by atoms with Crippen molar-refractivity contribution in [2.75, 3.05) is 32.1 Å². The van der Waals surface area contributed by atoms with Crippen LogP contribution in [0, 0.1) is 0 Å². The molecule has 0 bridgehead atoms. The number of carbonyl (C=O) groups excluding carboxylic acids is 1. The lowest BCUT2D eigenvalue weighted by molar-refractivity contribution is 0.0351. The van der Waals surface area contributed by atoms with Gasteiger partial charge >= 0.3 is 0 Å². The van der Waals surface area contributed by atoms with Crippen LogP contribution in [0.25, 0.3) is 0 Å². The first kappa shape index (κ1) is 13.9. The minimum Gasteiger partial charge on any atom is -0.385 e. The van der Waals surface area contributed by atoms with Crippen LogP contribution in [0.5, 0.6) is 0 Å². The fourth-order valence-electron chi connectivity index (χ4n) is 2.48. The lowest BCUT2D eigenvalue weighted by Crippen LogP contribution is -2.40. The zero-order chi connectivity index (χ0) is 13.7. The Morgan fingerprint density at radius 1 is 1.37 bits per heavy atom. The number of hydrogen-bond donors (Lipinski definition) is 1. The van der Waals surface area contributed by atoms with Crippen molar-refractivity contribution in [3.05, 3.63) is 29.8 Å². The van der Waals surface area contributed by atoms with Crippen molar-refractivity contribution in [2.24, 2.45) is 0 Å². The third-order valence-corrected chi connectivity index (χ3v) is 3.59. The van der Waals surface area contributed by atoms with Crippen molar-refractivity contribution < 1.29 is 9.53 Å². The number of piperidine rings is 1. The molecule has 0 radical (unpaired) electrons. The molecule has 104 valence electrons. The highest BCUT2D eigenvalue weighted by atomic mass is 16.5. The molecule has 1 amide bonds. The highest BCUT2D eigenvalue weighted by molar-refractivity contribution is 5.99. The molecule has 4 heteroatoms. The number of nitrogens with zero attached hydrogens (tertiary/aromatic N) is 1. The molecule has 1 fully saturated rings. The minimum atomic E-state index is 0.117. The minimum absolute atomic E-state index is 0.117. The molecular weight excluding hydrogens is 240 g/mol. The fourth-order valence-corrected chi connectivity index (χ4v) is 2.48. The number of rotatable bonds is 4. The second-order valence-corrected chi connectivity index (χ2v) is 4.80. The Bertz CT molecular complexity index is 426. The number of methoxy groups -OCH3 is 1. The molecule has 2 rings (SSSR count). The smallest absolute Gasteiger partial charge is 0.255 e. The van der Waals surface area contributed by atoms with E-state index in [0.717, 1.165) is 43.7 Å². The van der Waals surface area contributed by atoms with E-state index in [0.29, 0.717) is 6.10 Å². The molecule has 1 aromatic carbocycles. The highest BCUT2D eigenvalue weighted by Crippen LogP contribution is 2.20. The predicted molar refractivity (Wildman–Crippen MR) is 76.5 cm³/mol. The lowest BCUT2D eigenvalue weighted by Gasteiger charge is -2.31. The summed E-state index contributed by atoms with van der Waals surface area (Å²) in [5.41, 5.74) is 1.68. The first-order chi connectivity index (χ1) is 9.26. The van der Waals surface area contributed by atoms with Gasteiger partial charge < -0.3 is 15.0 Å². The second-order valence-electron chi connectivity index (χ2n) is 4.80. The van der Waals surface area contributed by atoms with Crippen LogP contribution >= 0.6 is 0 Å². The Balaban J connectivity index is 2.07. The van der Waals surface area contributed by atoms with Crippen LogP contribution in [0.4, 0.5) is 5.69 Å². The fraction of sp³-hybridized carbons (Fsp3) is 0.533. The maximum absolute atomic E-state index is 12.5. The summed E-state index contributed by atoms with van der Waals surface area (Å²) in [5, 5.41) is 3.24. The number of benzene rings is 1. The molecule has 19 heavy (non-hydrogen) atoms. The van der Waals surface area contributed by atoms with Crippen LogP contribution in [0.15, 0.2) is 24.3 Å². The standard InChI is InChI=1S/C15H22N2O2/c1-3-16-14-7-5-4-6-13(14)15(18)17-10-8-12(19-2)9-11-17/h4-7,12,16H,3,8-11H2,1-2H3. The van der Waals surface area contributed by atoms with Gasteiger partial charge in [-0.05, 0) is 31.9 Å². The summed E-state index contributed by atoms with van der Waals surface area (Å²) >= 11 is 0. The number of para-hydroxylation sites is 1. The summed E-state index contributed by atoms with van der Waals surface area (Å²) in [7, 11) is 1.74. The summed E-state index contributed by atoms with van der Waals surface area (Å²) in [5.74, 6) is 0.117. The summed E-state index contributed by atoms with van der Waals surface area (Å²) in [6.45, 7) is 4.40. The summed E-state index contributed by atoms with van der Waals surface area (Å²) in [4.78, 5) is 14.5. The van der Waals surface area contributed by atoms with Crippen molar-refractivity contribution in [3.63, 3.8) is 0 Å². The molecule has 0 aromatic heterocycles. The van der Waals surface area contributed by atoms with Gasteiger partial charge in [-0.15, -0.1) is 0 Å². The maximum Gasteiger partial charge on any atom is 0.255 e. The maximum atomic E-state index is 12.5. The molecule has 1 aromatic rings. The van der Waals surface area contributed by atoms with Crippen LogP contribution < -0.4 is 5.32 Å². The van der Waals surface area contributed by atoms with Gasteiger partial charge in [-0.25, -0.2) is 0 Å². The molecule has 1 heterocycles. The number of likely N-dealkylation sites (tertiary alicyclic amines) is 1. The van der Waals surface area contributed by atoms with Gasteiger partial charge in [-0.1, -0.05) is 12.1 Å². The van der Waals surface area contributed by atoms with E-state index in [1.807, 2.05) is 36.1 Å². The van der Waals surface area contributed by atoms with E-state index < -0.39 is 0 Å². The topological polar surface area (TPSA) is 41.6 Å². The Labute approximate surface area is 114 Å². The van der Waals surface area contributed by atoms with E-state index >= 15 is 0 Å². The third-order valence-electron chi connectivity index (χ3n) is 3.59. The number of nitrogens with one attached hydrogen (secondary N) is 1. The first-order valence-corrected chi connectivity index (χ1v) is 6.91. The predicted octanol–water partition coefficient (Wildman–Crippen LogP) is 2.37. The van der Waals surface area contributed by atoms with Crippen LogP contribution in [-0.4, -0.2) is 43.7 Å². The molecule has 4 nitrogen and oxygen atoms in total. The Hall–Kier alpha value is -1.55. The SMILES string of the molecule is CCNc1ccccc1C(=O)N1CCC(OC)CC1. The third kappa shape index (κ3) is 3.26. The van der Waals surface area contributed by atoms with Gasteiger partial charge in [-0.3, -0.25) is 4.79 Å². The van der Waals surface area contributed by atoms with Crippen molar-refractivity contribution >= 4 is 11.6 Å². The Morgan fingerprint density at radius 2 is 2.05 bits per heavy atom. The van der Waals surface area contributed by atoms with Crippen LogP contribution in [0.1, 0.15) is 30.1 Å². The van der Waals surface area contributed by atoms with Gasteiger partial charge in [0.15, 0.2) is 0 Å². The quantitative estimate of drug-likeness (QED) is 0.905. The van der Waals surface area contributed by atoms with Gasteiger partial charge in [0.2, 0.25) is 0 Å². The average Bonchev–Trinajstić information content (AvgIpc) is 2.47. The molecule has 1 saturated heterocycles. The van der Waals surface area contributed by atoms with E-state index in [9.17, 15) is 4.79 Å². The lowest BCUT2D eigenvalue weighted by atomic mass is 10.1.